The molecule has 0 radical (unpaired) electrons. The lowest BCUT2D eigenvalue weighted by atomic mass is 10.0. The highest BCUT2D eigenvalue weighted by Crippen LogP contribution is 2.24. The molecule has 0 heterocycles. The normalized spacial score (nSPS) is 10.4. The Morgan fingerprint density at radius 3 is 2.54 bits per heavy atom. The SMILES string of the molecule is CCCCCC(=O)c1ccccc1NC(=O)c1ccc(Cl)cc1O. The van der Waals surface area contributed by atoms with Gasteiger partial charge in [-0.15, -0.1) is 0 Å². The van der Waals surface area contributed by atoms with Crippen molar-refractivity contribution < 1.29 is 14.7 Å². The maximum absolute atomic E-state index is 12.4. The lowest BCUT2D eigenvalue weighted by molar-refractivity contribution is 0.0980. The van der Waals surface area contributed by atoms with Crippen molar-refractivity contribution in [3.8, 4) is 5.75 Å². The van der Waals surface area contributed by atoms with Crippen molar-refractivity contribution in [1.82, 2.24) is 0 Å². The number of hydrogen-bond donors (Lipinski definition) is 2. The summed E-state index contributed by atoms with van der Waals surface area (Å²) in [5, 5.41) is 12.9. The Kier molecular flexibility index (Phi) is 6.38. The molecule has 4 nitrogen and oxygen atoms in total. The van der Waals surface area contributed by atoms with E-state index in [0.717, 1.165) is 19.3 Å². The first-order valence-electron chi connectivity index (χ1n) is 7.95. The number of ketones is 1. The topological polar surface area (TPSA) is 66.4 Å². The zero-order valence-electron chi connectivity index (χ0n) is 13.5. The van der Waals surface area contributed by atoms with Gasteiger partial charge < -0.3 is 10.4 Å². The summed E-state index contributed by atoms with van der Waals surface area (Å²) in [6.45, 7) is 2.08. The van der Waals surface area contributed by atoms with Crippen molar-refractivity contribution in [3.05, 3.63) is 58.6 Å². The molecule has 0 unspecified atom stereocenters. The average molecular weight is 346 g/mol. The Labute approximate surface area is 146 Å². The largest absolute Gasteiger partial charge is 0.507 e. The van der Waals surface area contributed by atoms with Gasteiger partial charge in [-0.05, 0) is 36.8 Å². The number of unbranched alkanes of at least 4 members (excludes halogenated alkanes) is 2. The molecule has 2 aromatic rings. The van der Waals surface area contributed by atoms with Crippen LogP contribution in [-0.2, 0) is 0 Å². The van der Waals surface area contributed by atoms with Crippen LogP contribution in [0.1, 0.15) is 53.3 Å². The minimum absolute atomic E-state index is 0.000298. The summed E-state index contributed by atoms with van der Waals surface area (Å²) >= 11 is 5.77. The Hall–Kier alpha value is -2.33. The van der Waals surface area contributed by atoms with Crippen molar-refractivity contribution >= 4 is 29.0 Å². The predicted molar refractivity (Wildman–Crippen MR) is 96.0 cm³/mol. The lowest BCUT2D eigenvalue weighted by Crippen LogP contribution is -2.15. The number of nitrogens with one attached hydrogen (secondary N) is 1. The average Bonchev–Trinajstić information content (AvgIpc) is 2.55. The number of phenolic OH excluding ortho intramolecular Hbond substituents is 1. The summed E-state index contributed by atoms with van der Waals surface area (Å²) in [4.78, 5) is 24.7. The van der Waals surface area contributed by atoms with Crippen molar-refractivity contribution in [2.45, 2.75) is 32.6 Å². The van der Waals surface area contributed by atoms with Crippen LogP contribution in [0, 0.1) is 0 Å². The first-order chi connectivity index (χ1) is 11.5. The van der Waals surface area contributed by atoms with Gasteiger partial charge in [-0.25, -0.2) is 0 Å². The van der Waals surface area contributed by atoms with Crippen molar-refractivity contribution in [2.24, 2.45) is 0 Å². The standard InChI is InChI=1S/C19H20ClNO3/c1-2-3-4-9-17(22)14-7-5-6-8-16(14)21-19(24)15-11-10-13(20)12-18(15)23/h5-8,10-12,23H,2-4,9H2,1H3,(H,21,24). The summed E-state index contributed by atoms with van der Waals surface area (Å²) < 4.78 is 0. The molecule has 0 spiro atoms. The van der Waals surface area contributed by atoms with E-state index in [2.05, 4.69) is 12.2 Å². The number of rotatable bonds is 7. The molecule has 5 heteroatoms. The fraction of sp³-hybridized carbons (Fsp3) is 0.263. The van der Waals surface area contributed by atoms with Gasteiger partial charge in [0, 0.05) is 17.0 Å². The molecule has 0 atom stereocenters. The molecule has 126 valence electrons. The molecule has 0 aliphatic carbocycles. The van der Waals surface area contributed by atoms with Gasteiger partial charge in [0.05, 0.1) is 11.3 Å². The number of halogens is 1. The van der Waals surface area contributed by atoms with Gasteiger partial charge in [-0.3, -0.25) is 9.59 Å². The molecule has 0 fully saturated rings. The van der Waals surface area contributed by atoms with E-state index in [0.29, 0.717) is 22.7 Å². The molecule has 2 aromatic carbocycles. The van der Waals surface area contributed by atoms with Crippen molar-refractivity contribution in [3.63, 3.8) is 0 Å². The highest BCUT2D eigenvalue weighted by Gasteiger charge is 2.16. The van der Waals surface area contributed by atoms with E-state index in [1.165, 1.54) is 18.2 Å². The fourth-order valence-corrected chi connectivity index (χ4v) is 2.56. The molecular weight excluding hydrogens is 326 g/mol. The molecule has 0 aliphatic heterocycles. The van der Waals surface area contributed by atoms with E-state index in [9.17, 15) is 14.7 Å². The summed E-state index contributed by atoms with van der Waals surface area (Å²) in [6.07, 6.45) is 3.32. The van der Waals surface area contributed by atoms with Gasteiger partial charge in [0.2, 0.25) is 0 Å². The molecule has 2 N–H and O–H groups in total. The highest BCUT2D eigenvalue weighted by atomic mass is 35.5. The second-order valence-electron chi connectivity index (χ2n) is 5.54. The van der Waals surface area contributed by atoms with Crippen LogP contribution in [0.4, 0.5) is 5.69 Å². The maximum Gasteiger partial charge on any atom is 0.259 e. The zero-order chi connectivity index (χ0) is 17.5. The monoisotopic (exact) mass is 345 g/mol. The highest BCUT2D eigenvalue weighted by molar-refractivity contribution is 6.31. The number of para-hydroxylation sites is 1. The van der Waals surface area contributed by atoms with E-state index >= 15 is 0 Å². The van der Waals surface area contributed by atoms with Crippen LogP contribution in [0.2, 0.25) is 5.02 Å². The molecule has 0 aliphatic rings. The minimum Gasteiger partial charge on any atom is -0.507 e. The lowest BCUT2D eigenvalue weighted by Gasteiger charge is -2.11. The molecule has 0 aromatic heterocycles. The van der Waals surface area contributed by atoms with Crippen molar-refractivity contribution in [1.29, 1.82) is 0 Å². The number of phenols is 1. The molecule has 2 rings (SSSR count). The van der Waals surface area contributed by atoms with Crippen LogP contribution in [0.5, 0.6) is 5.75 Å². The van der Waals surface area contributed by atoms with Crippen LogP contribution < -0.4 is 5.32 Å². The molecule has 0 saturated heterocycles. The summed E-state index contributed by atoms with van der Waals surface area (Å²) in [7, 11) is 0. The summed E-state index contributed by atoms with van der Waals surface area (Å²) in [5.41, 5.74) is 1.03. The van der Waals surface area contributed by atoms with E-state index in [1.807, 2.05) is 0 Å². The Bertz CT molecular complexity index is 743. The molecule has 0 saturated carbocycles. The van der Waals surface area contributed by atoms with E-state index in [-0.39, 0.29) is 17.1 Å². The molecule has 0 bridgehead atoms. The Morgan fingerprint density at radius 1 is 1.08 bits per heavy atom. The predicted octanol–water partition coefficient (Wildman–Crippen LogP) is 5.06. The quantitative estimate of drug-likeness (QED) is 0.544. The minimum atomic E-state index is -0.488. The summed E-state index contributed by atoms with van der Waals surface area (Å²) in [6, 6.07) is 11.2. The second kappa shape index (κ2) is 8.50. The van der Waals surface area contributed by atoms with Gasteiger partial charge in [-0.1, -0.05) is 43.5 Å². The van der Waals surface area contributed by atoms with E-state index in [1.54, 1.807) is 24.3 Å². The first-order valence-corrected chi connectivity index (χ1v) is 8.32. The number of carbonyl (C=O) groups excluding carboxylic acids is 2. The summed E-state index contributed by atoms with van der Waals surface area (Å²) in [5.74, 6) is -0.690. The molecular formula is C19H20ClNO3. The number of benzene rings is 2. The third kappa shape index (κ3) is 4.59. The number of carbonyl (C=O) groups is 2. The van der Waals surface area contributed by atoms with Crippen molar-refractivity contribution in [2.75, 3.05) is 5.32 Å². The number of amides is 1. The fourth-order valence-electron chi connectivity index (χ4n) is 2.39. The van der Waals surface area contributed by atoms with Gasteiger partial charge in [0.1, 0.15) is 5.75 Å². The number of anilines is 1. The van der Waals surface area contributed by atoms with E-state index in [4.69, 9.17) is 11.6 Å². The smallest absolute Gasteiger partial charge is 0.259 e. The Balaban J connectivity index is 2.17. The zero-order valence-corrected chi connectivity index (χ0v) is 14.3. The first kappa shape index (κ1) is 18.0. The maximum atomic E-state index is 12.4. The molecule has 24 heavy (non-hydrogen) atoms. The van der Waals surface area contributed by atoms with Gasteiger partial charge in [0.15, 0.2) is 5.78 Å². The second-order valence-corrected chi connectivity index (χ2v) is 5.98. The van der Waals surface area contributed by atoms with Gasteiger partial charge >= 0.3 is 0 Å². The van der Waals surface area contributed by atoms with Crippen LogP contribution in [-0.4, -0.2) is 16.8 Å². The van der Waals surface area contributed by atoms with Crippen LogP contribution in [0.15, 0.2) is 42.5 Å². The number of aromatic hydroxyl groups is 1. The van der Waals surface area contributed by atoms with E-state index < -0.39 is 5.91 Å². The third-order valence-corrected chi connectivity index (χ3v) is 3.92. The third-order valence-electron chi connectivity index (χ3n) is 3.69. The number of Topliss-reactive ketones (excluding diaryl/α,β-unsaturated/α-hetero) is 1. The van der Waals surface area contributed by atoms with Crippen LogP contribution in [0.25, 0.3) is 0 Å². The Morgan fingerprint density at radius 2 is 1.83 bits per heavy atom. The van der Waals surface area contributed by atoms with Crippen LogP contribution in [0.3, 0.4) is 0 Å². The molecule has 1 amide bonds. The van der Waals surface area contributed by atoms with Crippen LogP contribution >= 0.6 is 11.6 Å². The van der Waals surface area contributed by atoms with Gasteiger partial charge in [0.25, 0.3) is 5.91 Å². The van der Waals surface area contributed by atoms with Gasteiger partial charge in [-0.2, -0.15) is 0 Å². The number of hydrogen-bond acceptors (Lipinski definition) is 3.